The van der Waals surface area contributed by atoms with Crippen LogP contribution in [0, 0.1) is 12.7 Å². The van der Waals surface area contributed by atoms with Gasteiger partial charge in [0.25, 0.3) is 0 Å². The van der Waals surface area contributed by atoms with Gasteiger partial charge < -0.3 is 5.32 Å². The van der Waals surface area contributed by atoms with Crippen molar-refractivity contribution in [3.05, 3.63) is 64.4 Å². The van der Waals surface area contributed by atoms with Crippen LogP contribution in [0.25, 0.3) is 0 Å². The Kier molecular flexibility index (Phi) is 6.26. The van der Waals surface area contributed by atoms with Crippen LogP contribution in [-0.4, -0.2) is 27.1 Å². The maximum absolute atomic E-state index is 13.0. The molecule has 0 heterocycles. The summed E-state index contributed by atoms with van der Waals surface area (Å²) in [5, 5.41) is 3.10. The highest BCUT2D eigenvalue weighted by Gasteiger charge is 2.23. The molecular weight excluding hydrogens is 379 g/mol. The van der Waals surface area contributed by atoms with Crippen LogP contribution in [0.3, 0.4) is 0 Å². The lowest BCUT2D eigenvalue weighted by atomic mass is 10.1. The van der Waals surface area contributed by atoms with E-state index in [1.807, 2.05) is 0 Å². The summed E-state index contributed by atoms with van der Waals surface area (Å²) in [4.78, 5) is 12.4. The second kappa shape index (κ2) is 8.05. The second-order valence-electron chi connectivity index (χ2n) is 6.04. The van der Waals surface area contributed by atoms with E-state index in [4.69, 9.17) is 11.6 Å². The van der Waals surface area contributed by atoms with Crippen molar-refractivity contribution in [2.75, 3.05) is 17.1 Å². The van der Waals surface area contributed by atoms with Crippen molar-refractivity contribution in [2.45, 2.75) is 19.9 Å². The molecule has 2 aromatic carbocycles. The third-order valence-electron chi connectivity index (χ3n) is 3.87. The number of benzene rings is 2. The van der Waals surface area contributed by atoms with Gasteiger partial charge in [0, 0.05) is 5.02 Å². The molecule has 0 fully saturated rings. The molecule has 140 valence electrons. The third kappa shape index (κ3) is 5.19. The number of sulfonamides is 1. The van der Waals surface area contributed by atoms with Crippen LogP contribution >= 0.6 is 11.6 Å². The molecule has 0 saturated carbocycles. The molecule has 0 unspecified atom stereocenters. The number of amides is 1. The average Bonchev–Trinajstić information content (AvgIpc) is 2.54. The molecular formula is C18H20ClFN2O3S. The fraction of sp³-hybridized carbons (Fsp3) is 0.278. The highest BCUT2D eigenvalue weighted by atomic mass is 35.5. The number of nitrogens with one attached hydrogen (secondary N) is 1. The number of hydrogen-bond acceptors (Lipinski definition) is 3. The van der Waals surface area contributed by atoms with Gasteiger partial charge in [-0.25, -0.2) is 12.8 Å². The number of hydrogen-bond donors (Lipinski definition) is 1. The lowest BCUT2D eigenvalue weighted by molar-refractivity contribution is -0.120. The number of halogens is 2. The monoisotopic (exact) mass is 398 g/mol. The molecule has 0 aromatic heterocycles. The van der Waals surface area contributed by atoms with Crippen LogP contribution in [0.4, 0.5) is 10.1 Å². The van der Waals surface area contributed by atoms with Gasteiger partial charge in [0.05, 0.1) is 18.0 Å². The Morgan fingerprint density at radius 2 is 1.85 bits per heavy atom. The topological polar surface area (TPSA) is 66.5 Å². The minimum Gasteiger partial charge on any atom is -0.348 e. The standard InChI is InChI=1S/C18H20ClFN2O3S/c1-12-4-7-15(19)10-17(12)22(26(3,24)25)11-18(23)21-13(2)14-5-8-16(20)9-6-14/h4-10,13H,11H2,1-3H3,(H,21,23)/t13-/m1/s1. The first kappa shape index (κ1) is 20.2. The Labute approximate surface area is 157 Å². The van der Waals surface area contributed by atoms with E-state index in [1.54, 1.807) is 38.1 Å². The number of anilines is 1. The Hall–Kier alpha value is -2.12. The Morgan fingerprint density at radius 3 is 2.42 bits per heavy atom. The van der Waals surface area contributed by atoms with Gasteiger partial charge in [0.1, 0.15) is 12.4 Å². The molecule has 0 spiro atoms. The summed E-state index contributed by atoms with van der Waals surface area (Å²) in [6.07, 6.45) is 1.03. The van der Waals surface area contributed by atoms with Crippen LogP contribution < -0.4 is 9.62 Å². The summed E-state index contributed by atoms with van der Waals surface area (Å²) in [7, 11) is -3.69. The minimum atomic E-state index is -3.69. The first-order valence-corrected chi connectivity index (χ1v) is 10.1. The van der Waals surface area contributed by atoms with E-state index in [2.05, 4.69) is 5.32 Å². The first-order chi connectivity index (χ1) is 12.1. The van der Waals surface area contributed by atoms with E-state index in [9.17, 15) is 17.6 Å². The van der Waals surface area contributed by atoms with Crippen molar-refractivity contribution < 1.29 is 17.6 Å². The normalized spacial score (nSPS) is 12.5. The van der Waals surface area contributed by atoms with E-state index >= 15 is 0 Å². The van der Waals surface area contributed by atoms with Crippen molar-refractivity contribution in [3.8, 4) is 0 Å². The van der Waals surface area contributed by atoms with Crippen LogP contribution in [-0.2, 0) is 14.8 Å². The van der Waals surface area contributed by atoms with Crippen LogP contribution in [0.2, 0.25) is 5.02 Å². The van der Waals surface area contributed by atoms with E-state index < -0.39 is 22.0 Å². The van der Waals surface area contributed by atoms with E-state index in [-0.39, 0.29) is 12.4 Å². The van der Waals surface area contributed by atoms with Gasteiger partial charge >= 0.3 is 0 Å². The smallest absolute Gasteiger partial charge is 0.241 e. The molecule has 1 atom stereocenters. The van der Waals surface area contributed by atoms with Gasteiger partial charge in [-0.05, 0) is 49.2 Å². The lowest BCUT2D eigenvalue weighted by Crippen LogP contribution is -2.41. The summed E-state index contributed by atoms with van der Waals surface area (Å²) >= 11 is 5.97. The summed E-state index contributed by atoms with van der Waals surface area (Å²) in [6, 6.07) is 10.2. The number of aryl methyl sites for hydroxylation is 1. The van der Waals surface area contributed by atoms with Crippen molar-refractivity contribution in [2.24, 2.45) is 0 Å². The molecule has 8 heteroatoms. The second-order valence-corrected chi connectivity index (χ2v) is 8.38. The minimum absolute atomic E-state index is 0.351. The van der Waals surface area contributed by atoms with Gasteiger partial charge in [0.15, 0.2) is 0 Å². The molecule has 5 nitrogen and oxygen atoms in total. The maximum atomic E-state index is 13.0. The molecule has 0 aliphatic carbocycles. The lowest BCUT2D eigenvalue weighted by Gasteiger charge is -2.25. The summed E-state index contributed by atoms with van der Waals surface area (Å²) < 4.78 is 38.4. The van der Waals surface area contributed by atoms with Crippen LogP contribution in [0.1, 0.15) is 24.1 Å². The highest BCUT2D eigenvalue weighted by Crippen LogP contribution is 2.26. The van der Waals surface area contributed by atoms with E-state index in [1.165, 1.54) is 18.2 Å². The van der Waals surface area contributed by atoms with Crippen molar-refractivity contribution >= 4 is 33.2 Å². The van der Waals surface area contributed by atoms with Gasteiger partial charge in [0.2, 0.25) is 15.9 Å². The predicted molar refractivity (Wildman–Crippen MR) is 101 cm³/mol. The fourth-order valence-corrected chi connectivity index (χ4v) is 3.56. The van der Waals surface area contributed by atoms with Crippen LogP contribution in [0.5, 0.6) is 0 Å². The highest BCUT2D eigenvalue weighted by molar-refractivity contribution is 7.92. The molecule has 2 aromatic rings. The van der Waals surface area contributed by atoms with Crippen molar-refractivity contribution in [1.29, 1.82) is 0 Å². The summed E-state index contributed by atoms with van der Waals surface area (Å²) in [6.45, 7) is 3.09. The van der Waals surface area contributed by atoms with E-state index in [0.717, 1.165) is 10.6 Å². The SMILES string of the molecule is Cc1ccc(Cl)cc1N(CC(=O)N[C@H](C)c1ccc(F)cc1)S(C)(=O)=O. The number of carbonyl (C=O) groups excluding carboxylic acids is 1. The van der Waals surface area contributed by atoms with Crippen molar-refractivity contribution in [1.82, 2.24) is 5.32 Å². The van der Waals surface area contributed by atoms with Crippen LogP contribution in [0.15, 0.2) is 42.5 Å². The zero-order chi connectivity index (χ0) is 19.5. The maximum Gasteiger partial charge on any atom is 0.241 e. The Bertz CT molecular complexity index is 901. The fourth-order valence-electron chi connectivity index (χ4n) is 2.48. The van der Waals surface area contributed by atoms with Gasteiger partial charge in [-0.3, -0.25) is 9.10 Å². The summed E-state index contributed by atoms with van der Waals surface area (Å²) in [5.74, 6) is -0.849. The van der Waals surface area contributed by atoms with Gasteiger partial charge in [-0.2, -0.15) is 0 Å². The summed E-state index contributed by atoms with van der Waals surface area (Å²) in [5.41, 5.74) is 1.74. The molecule has 26 heavy (non-hydrogen) atoms. The average molecular weight is 399 g/mol. The Morgan fingerprint density at radius 1 is 1.23 bits per heavy atom. The molecule has 1 amide bonds. The number of rotatable bonds is 6. The Balaban J connectivity index is 2.19. The zero-order valence-corrected chi connectivity index (χ0v) is 16.2. The molecule has 0 bridgehead atoms. The first-order valence-electron chi connectivity index (χ1n) is 7.86. The number of carbonyl (C=O) groups is 1. The molecule has 1 N–H and O–H groups in total. The molecule has 2 rings (SSSR count). The molecule has 0 radical (unpaired) electrons. The quantitative estimate of drug-likeness (QED) is 0.810. The third-order valence-corrected chi connectivity index (χ3v) is 5.24. The molecule has 0 saturated heterocycles. The van der Waals surface area contributed by atoms with Crippen molar-refractivity contribution in [3.63, 3.8) is 0 Å². The van der Waals surface area contributed by atoms with Gasteiger partial charge in [-0.1, -0.05) is 29.8 Å². The zero-order valence-electron chi connectivity index (χ0n) is 14.7. The van der Waals surface area contributed by atoms with Gasteiger partial charge in [-0.15, -0.1) is 0 Å². The molecule has 0 aliphatic heterocycles. The largest absolute Gasteiger partial charge is 0.348 e. The number of nitrogens with zero attached hydrogens (tertiary/aromatic N) is 1. The predicted octanol–water partition coefficient (Wildman–Crippen LogP) is 3.43. The molecule has 0 aliphatic rings. The van der Waals surface area contributed by atoms with E-state index in [0.29, 0.717) is 21.8 Å².